The van der Waals surface area contributed by atoms with E-state index in [1.165, 1.54) is 6.20 Å². The summed E-state index contributed by atoms with van der Waals surface area (Å²) < 4.78 is 5.16. The lowest BCUT2D eigenvalue weighted by Gasteiger charge is -2.27. The zero-order chi connectivity index (χ0) is 11.5. The average Bonchev–Trinajstić information content (AvgIpc) is 2.05. The summed E-state index contributed by atoms with van der Waals surface area (Å²) in [6.45, 7) is 5.79. The fourth-order valence-corrected chi connectivity index (χ4v) is 1.19. The van der Waals surface area contributed by atoms with Gasteiger partial charge < -0.3 is 15.0 Å². The summed E-state index contributed by atoms with van der Waals surface area (Å²) in [5.41, 5.74) is 0.372. The molecule has 0 saturated heterocycles. The van der Waals surface area contributed by atoms with Crippen LogP contribution in [0.15, 0.2) is 23.9 Å². The van der Waals surface area contributed by atoms with E-state index in [1.54, 1.807) is 12.2 Å². The molecule has 0 spiro atoms. The zero-order valence-corrected chi connectivity index (χ0v) is 9.32. The summed E-state index contributed by atoms with van der Waals surface area (Å²) in [6, 6.07) is 0. The van der Waals surface area contributed by atoms with Gasteiger partial charge in [-0.25, -0.2) is 0 Å². The first-order valence-corrected chi connectivity index (χ1v) is 4.90. The minimum Gasteiger partial charge on any atom is -0.758 e. The van der Waals surface area contributed by atoms with E-state index in [0.29, 0.717) is 6.54 Å². The third kappa shape index (κ3) is 4.65. The maximum atomic E-state index is 11.4. The normalized spacial score (nSPS) is 16.3. The Balaban J connectivity index is 2.43. The van der Waals surface area contributed by atoms with Crippen molar-refractivity contribution < 1.29 is 9.53 Å². The van der Waals surface area contributed by atoms with Gasteiger partial charge >= 0.3 is 5.97 Å². The number of esters is 1. The number of nitrogens with zero attached hydrogens (tertiary/aromatic N) is 1. The second-order valence-electron chi connectivity index (χ2n) is 4.46. The second-order valence-corrected chi connectivity index (χ2v) is 4.46. The third-order valence-electron chi connectivity index (χ3n) is 1.76. The molecule has 15 heavy (non-hydrogen) atoms. The molecule has 0 saturated carbocycles. The first kappa shape index (κ1) is 11.8. The second kappa shape index (κ2) is 4.49. The lowest BCUT2D eigenvalue weighted by Crippen LogP contribution is -2.24. The Hall–Kier alpha value is -1.29. The molecule has 0 amide bonds. The fourth-order valence-electron chi connectivity index (χ4n) is 1.19. The van der Waals surface area contributed by atoms with Crippen LogP contribution in [0.1, 0.15) is 27.2 Å². The fraction of sp³-hybridized carbons (Fsp3) is 0.545. The number of rotatable bonds is 2. The Bertz CT molecular complexity index is 299. The van der Waals surface area contributed by atoms with Gasteiger partial charge in [0.15, 0.2) is 0 Å². The Morgan fingerprint density at radius 1 is 1.60 bits per heavy atom. The highest BCUT2D eigenvalue weighted by atomic mass is 16.6. The van der Waals surface area contributed by atoms with Gasteiger partial charge in [-0.05, 0) is 38.6 Å². The molecule has 4 heteroatoms. The number of hydroxylamine groups is 2. The van der Waals surface area contributed by atoms with Crippen LogP contribution in [0.5, 0.6) is 0 Å². The first-order chi connectivity index (χ1) is 6.87. The molecular weight excluding hydrogens is 194 g/mol. The number of ether oxygens (including phenoxy) is 1. The van der Waals surface area contributed by atoms with Crippen LogP contribution in [0.4, 0.5) is 0 Å². The van der Waals surface area contributed by atoms with E-state index >= 15 is 0 Å². The lowest BCUT2D eigenvalue weighted by atomic mass is 10.1. The summed E-state index contributed by atoms with van der Waals surface area (Å²) in [5, 5.41) is 11.6. The molecule has 0 aliphatic carbocycles. The van der Waals surface area contributed by atoms with Gasteiger partial charge in [-0.2, -0.15) is 0 Å². The molecule has 84 valence electrons. The van der Waals surface area contributed by atoms with Gasteiger partial charge in [0.2, 0.25) is 0 Å². The Morgan fingerprint density at radius 3 is 2.73 bits per heavy atom. The Morgan fingerprint density at radius 2 is 2.27 bits per heavy atom. The molecule has 0 atom stereocenters. The van der Waals surface area contributed by atoms with E-state index in [2.05, 4.69) is 0 Å². The van der Waals surface area contributed by atoms with Crippen molar-refractivity contribution in [1.82, 2.24) is 5.06 Å². The molecule has 1 aliphatic heterocycles. The number of carbonyl (C=O) groups excluding carboxylic acids is 1. The molecule has 0 aromatic rings. The minimum absolute atomic E-state index is 0.224. The summed E-state index contributed by atoms with van der Waals surface area (Å²) in [5.74, 6) is -0.266. The van der Waals surface area contributed by atoms with Crippen LogP contribution in [-0.4, -0.2) is 23.2 Å². The van der Waals surface area contributed by atoms with Crippen LogP contribution in [0.25, 0.3) is 0 Å². The zero-order valence-electron chi connectivity index (χ0n) is 9.32. The van der Waals surface area contributed by atoms with E-state index in [4.69, 9.17) is 4.74 Å². The molecule has 0 fully saturated rings. The van der Waals surface area contributed by atoms with E-state index in [0.717, 1.165) is 10.6 Å². The molecule has 0 aromatic heterocycles. The van der Waals surface area contributed by atoms with Gasteiger partial charge in [0.1, 0.15) is 5.60 Å². The van der Waals surface area contributed by atoms with Gasteiger partial charge in [0, 0.05) is 6.54 Å². The summed E-state index contributed by atoms with van der Waals surface area (Å²) in [4.78, 5) is 11.4. The van der Waals surface area contributed by atoms with Crippen molar-refractivity contribution in [3.05, 3.63) is 29.1 Å². The predicted molar refractivity (Wildman–Crippen MR) is 57.8 cm³/mol. The van der Waals surface area contributed by atoms with Crippen molar-refractivity contribution in [2.45, 2.75) is 32.8 Å². The number of allylic oxidation sites excluding steroid dienone is 1. The minimum atomic E-state index is -0.458. The predicted octanol–water partition coefficient (Wildman–Crippen LogP) is 1.97. The molecule has 0 unspecified atom stereocenters. The van der Waals surface area contributed by atoms with Crippen molar-refractivity contribution in [2.24, 2.45) is 0 Å². The molecule has 0 N–H and O–H groups in total. The van der Waals surface area contributed by atoms with Crippen LogP contribution in [0.3, 0.4) is 0 Å². The van der Waals surface area contributed by atoms with E-state index in [-0.39, 0.29) is 12.4 Å². The van der Waals surface area contributed by atoms with Gasteiger partial charge in [0.25, 0.3) is 0 Å². The van der Waals surface area contributed by atoms with E-state index in [1.807, 2.05) is 20.8 Å². The van der Waals surface area contributed by atoms with Crippen molar-refractivity contribution in [2.75, 3.05) is 6.54 Å². The molecule has 0 aromatic carbocycles. The maximum absolute atomic E-state index is 11.4. The van der Waals surface area contributed by atoms with Crippen LogP contribution < -0.4 is 0 Å². The average molecular weight is 210 g/mol. The van der Waals surface area contributed by atoms with Gasteiger partial charge in [-0.3, -0.25) is 4.79 Å². The highest BCUT2D eigenvalue weighted by Crippen LogP contribution is 2.14. The van der Waals surface area contributed by atoms with Crippen molar-refractivity contribution in [1.29, 1.82) is 0 Å². The molecule has 1 aliphatic rings. The van der Waals surface area contributed by atoms with Crippen LogP contribution in [-0.2, 0) is 9.53 Å². The van der Waals surface area contributed by atoms with Gasteiger partial charge in [-0.15, -0.1) is 0 Å². The monoisotopic (exact) mass is 210 g/mol. The van der Waals surface area contributed by atoms with Crippen LogP contribution in [0.2, 0.25) is 0 Å². The van der Waals surface area contributed by atoms with Crippen LogP contribution >= 0.6 is 0 Å². The molecule has 1 heterocycles. The summed E-state index contributed by atoms with van der Waals surface area (Å²) in [7, 11) is 0. The number of carbonyl (C=O) groups is 1. The van der Waals surface area contributed by atoms with Crippen molar-refractivity contribution >= 4 is 5.97 Å². The van der Waals surface area contributed by atoms with Crippen molar-refractivity contribution in [3.8, 4) is 0 Å². The molecule has 0 radical (unpaired) electrons. The highest BCUT2D eigenvalue weighted by Gasteiger charge is 2.16. The van der Waals surface area contributed by atoms with Crippen LogP contribution in [0, 0.1) is 5.21 Å². The lowest BCUT2D eigenvalue weighted by molar-refractivity contribution is -0.153. The first-order valence-electron chi connectivity index (χ1n) is 4.90. The molecule has 1 rings (SSSR count). The smallest absolute Gasteiger partial charge is 0.310 e. The number of hydrogen-bond donors (Lipinski definition) is 0. The standard InChI is InChI=1S/C11H16NO3/c1-11(2,3)15-10(13)8-9-4-6-12(14)7-5-9/h4-6H,7-8H2,1-3H3/q-1. The molecule has 4 nitrogen and oxygen atoms in total. The summed E-state index contributed by atoms with van der Waals surface area (Å²) in [6.07, 6.45) is 5.01. The molecular formula is C11H16NO3-. The Labute approximate surface area is 89.8 Å². The van der Waals surface area contributed by atoms with Crippen molar-refractivity contribution in [3.63, 3.8) is 0 Å². The number of hydrogen-bond acceptors (Lipinski definition) is 4. The van der Waals surface area contributed by atoms with Gasteiger partial charge in [-0.1, -0.05) is 6.08 Å². The summed E-state index contributed by atoms with van der Waals surface area (Å²) >= 11 is 0. The largest absolute Gasteiger partial charge is 0.758 e. The third-order valence-corrected chi connectivity index (χ3v) is 1.76. The van der Waals surface area contributed by atoms with Gasteiger partial charge in [0.05, 0.1) is 6.42 Å². The SMILES string of the molecule is CC(C)(C)OC(=O)CC1=CCN([O-])C=C1. The van der Waals surface area contributed by atoms with E-state index in [9.17, 15) is 10.0 Å². The quantitative estimate of drug-likeness (QED) is 0.654. The topological polar surface area (TPSA) is 52.6 Å². The van der Waals surface area contributed by atoms with E-state index < -0.39 is 5.60 Å². The maximum Gasteiger partial charge on any atom is 0.310 e. The highest BCUT2D eigenvalue weighted by molar-refractivity contribution is 5.73. The molecule has 0 bridgehead atoms. The Kier molecular flexibility index (Phi) is 3.52.